The Balaban J connectivity index is 1.66. The van der Waals surface area contributed by atoms with Gasteiger partial charge in [-0.05, 0) is 37.1 Å². The summed E-state index contributed by atoms with van der Waals surface area (Å²) in [5.41, 5.74) is 1.54. The number of amides is 1. The zero-order valence-electron chi connectivity index (χ0n) is 20.1. The van der Waals surface area contributed by atoms with E-state index in [0.717, 1.165) is 44.7 Å². The van der Waals surface area contributed by atoms with Crippen molar-refractivity contribution in [1.29, 1.82) is 0 Å². The molecule has 1 aliphatic heterocycles. The molecular formula is C26H37N3O4. The predicted octanol–water partition coefficient (Wildman–Crippen LogP) is 3.93. The molecule has 33 heavy (non-hydrogen) atoms. The van der Waals surface area contributed by atoms with Gasteiger partial charge in [0.2, 0.25) is 0 Å². The highest BCUT2D eigenvalue weighted by molar-refractivity contribution is 5.94. The predicted molar refractivity (Wildman–Crippen MR) is 129 cm³/mol. The Bertz CT molecular complexity index is 852. The molecule has 1 aromatic carbocycles. The van der Waals surface area contributed by atoms with Crippen molar-refractivity contribution in [2.24, 2.45) is 5.92 Å². The highest BCUT2D eigenvalue weighted by atomic mass is 16.5. The fraction of sp³-hybridized carbons (Fsp3) is 0.538. The molecule has 0 spiro atoms. The second-order valence-corrected chi connectivity index (χ2v) is 8.25. The third-order valence-electron chi connectivity index (χ3n) is 6.20. The molecule has 3 rings (SSSR count). The summed E-state index contributed by atoms with van der Waals surface area (Å²) < 4.78 is 17.2. The highest BCUT2D eigenvalue weighted by Gasteiger charge is 2.27. The average Bonchev–Trinajstić information content (AvgIpc) is 2.87. The molecule has 7 heteroatoms. The summed E-state index contributed by atoms with van der Waals surface area (Å²) in [6.07, 6.45) is 5.68. The van der Waals surface area contributed by atoms with Gasteiger partial charge in [0, 0.05) is 49.2 Å². The van der Waals surface area contributed by atoms with Crippen LogP contribution in [0.1, 0.15) is 49.5 Å². The molecule has 0 radical (unpaired) electrons. The van der Waals surface area contributed by atoms with Gasteiger partial charge in [-0.1, -0.05) is 32.8 Å². The largest absolute Gasteiger partial charge is 0.490 e. The van der Waals surface area contributed by atoms with Crippen LogP contribution in [0.4, 0.5) is 0 Å². The van der Waals surface area contributed by atoms with E-state index in [1.165, 1.54) is 0 Å². The van der Waals surface area contributed by atoms with Crippen molar-refractivity contribution < 1.29 is 19.0 Å². The number of carbonyl (C=O) groups excluding carboxylic acids is 1. The fourth-order valence-electron chi connectivity index (χ4n) is 4.32. The molecule has 1 unspecified atom stereocenters. The zero-order valence-corrected chi connectivity index (χ0v) is 20.1. The second-order valence-electron chi connectivity index (χ2n) is 8.25. The van der Waals surface area contributed by atoms with Crippen molar-refractivity contribution in [3.8, 4) is 11.5 Å². The topological polar surface area (TPSA) is 72.9 Å². The Morgan fingerprint density at radius 1 is 1.12 bits per heavy atom. The molecule has 1 aliphatic rings. The number of nitrogens with one attached hydrogen (secondary N) is 1. The standard InChI is InChI=1S/C26H37N3O4/c1-4-21(5-2)23(29-12-14-31-15-13-29)18-28-26(30)22-9-10-24(25(16-22)32-6-3)33-19-20-8-7-11-27-17-20/h7-11,16-17,21,23H,4-6,12-15,18-19H2,1-3H3,(H,28,30). The van der Waals surface area contributed by atoms with E-state index in [4.69, 9.17) is 14.2 Å². The summed E-state index contributed by atoms with van der Waals surface area (Å²) >= 11 is 0. The number of hydrogen-bond donors (Lipinski definition) is 1. The van der Waals surface area contributed by atoms with Crippen LogP contribution in [-0.2, 0) is 11.3 Å². The van der Waals surface area contributed by atoms with Gasteiger partial charge in [-0.15, -0.1) is 0 Å². The monoisotopic (exact) mass is 455 g/mol. The first kappa shape index (κ1) is 25.0. The molecular weight excluding hydrogens is 418 g/mol. The Morgan fingerprint density at radius 3 is 2.58 bits per heavy atom. The summed E-state index contributed by atoms with van der Waals surface area (Å²) in [6.45, 7) is 11.2. The van der Waals surface area contributed by atoms with E-state index in [0.29, 0.717) is 48.8 Å². The third kappa shape index (κ3) is 7.17. The van der Waals surface area contributed by atoms with Crippen molar-refractivity contribution in [3.63, 3.8) is 0 Å². The maximum absolute atomic E-state index is 13.0. The number of nitrogens with zero attached hydrogens (tertiary/aromatic N) is 2. The van der Waals surface area contributed by atoms with Crippen molar-refractivity contribution in [2.75, 3.05) is 39.5 Å². The van der Waals surface area contributed by atoms with Crippen molar-refractivity contribution in [1.82, 2.24) is 15.2 Å². The average molecular weight is 456 g/mol. The van der Waals surface area contributed by atoms with Crippen LogP contribution in [-0.4, -0.2) is 61.3 Å². The van der Waals surface area contributed by atoms with Gasteiger partial charge in [0.25, 0.3) is 5.91 Å². The molecule has 7 nitrogen and oxygen atoms in total. The van der Waals surface area contributed by atoms with E-state index in [-0.39, 0.29) is 5.91 Å². The Hall–Kier alpha value is -2.64. The molecule has 2 heterocycles. The van der Waals surface area contributed by atoms with Crippen LogP contribution in [0.3, 0.4) is 0 Å². The first-order chi connectivity index (χ1) is 16.2. The van der Waals surface area contributed by atoms with Gasteiger partial charge in [-0.25, -0.2) is 0 Å². The first-order valence-electron chi connectivity index (χ1n) is 12.0. The third-order valence-corrected chi connectivity index (χ3v) is 6.20. The molecule has 1 fully saturated rings. The number of carbonyl (C=O) groups is 1. The summed E-state index contributed by atoms with van der Waals surface area (Å²) in [4.78, 5) is 19.6. The molecule has 180 valence electrons. The van der Waals surface area contributed by atoms with Gasteiger partial charge in [0.05, 0.1) is 19.8 Å². The van der Waals surface area contributed by atoms with Crippen LogP contribution in [0.2, 0.25) is 0 Å². The van der Waals surface area contributed by atoms with Crippen molar-refractivity contribution in [3.05, 3.63) is 53.9 Å². The SMILES string of the molecule is CCOc1cc(C(=O)NCC(C(CC)CC)N2CCOCC2)ccc1OCc1cccnc1. The molecule has 1 aromatic heterocycles. The number of aromatic nitrogens is 1. The number of benzene rings is 1. The van der Waals surface area contributed by atoms with E-state index in [9.17, 15) is 4.79 Å². The zero-order chi connectivity index (χ0) is 23.5. The van der Waals surface area contributed by atoms with E-state index in [2.05, 4.69) is 29.0 Å². The van der Waals surface area contributed by atoms with Gasteiger partial charge in [0.1, 0.15) is 6.61 Å². The number of ether oxygens (including phenoxy) is 3. The first-order valence-corrected chi connectivity index (χ1v) is 12.0. The molecule has 1 amide bonds. The number of morpholine rings is 1. The lowest BCUT2D eigenvalue weighted by Gasteiger charge is -2.38. The van der Waals surface area contributed by atoms with E-state index in [1.54, 1.807) is 30.6 Å². The number of pyridine rings is 1. The molecule has 0 aliphatic carbocycles. The van der Waals surface area contributed by atoms with E-state index in [1.807, 2.05) is 19.1 Å². The lowest BCUT2D eigenvalue weighted by atomic mass is 9.92. The van der Waals surface area contributed by atoms with Crippen molar-refractivity contribution >= 4 is 5.91 Å². The van der Waals surface area contributed by atoms with Gasteiger partial charge in [-0.2, -0.15) is 0 Å². The van der Waals surface area contributed by atoms with Crippen LogP contribution in [0.5, 0.6) is 11.5 Å². The molecule has 0 bridgehead atoms. The highest BCUT2D eigenvalue weighted by Crippen LogP contribution is 2.29. The number of rotatable bonds is 12. The Morgan fingerprint density at radius 2 is 1.91 bits per heavy atom. The molecule has 2 aromatic rings. The van der Waals surface area contributed by atoms with Gasteiger partial charge < -0.3 is 19.5 Å². The fourth-order valence-corrected chi connectivity index (χ4v) is 4.32. The van der Waals surface area contributed by atoms with Gasteiger partial charge in [-0.3, -0.25) is 14.7 Å². The Labute approximate surface area is 197 Å². The maximum Gasteiger partial charge on any atom is 0.251 e. The summed E-state index contributed by atoms with van der Waals surface area (Å²) in [7, 11) is 0. The maximum atomic E-state index is 13.0. The van der Waals surface area contributed by atoms with E-state index < -0.39 is 0 Å². The molecule has 1 N–H and O–H groups in total. The van der Waals surface area contributed by atoms with Gasteiger partial charge in [0.15, 0.2) is 11.5 Å². The number of hydrogen-bond acceptors (Lipinski definition) is 6. The molecule has 1 saturated heterocycles. The quantitative estimate of drug-likeness (QED) is 0.523. The summed E-state index contributed by atoms with van der Waals surface area (Å²) in [6, 6.07) is 9.49. The van der Waals surface area contributed by atoms with Crippen LogP contribution in [0, 0.1) is 5.92 Å². The minimum atomic E-state index is -0.0982. The second kappa shape index (κ2) is 13.2. The lowest BCUT2D eigenvalue weighted by Crippen LogP contribution is -2.52. The smallest absolute Gasteiger partial charge is 0.251 e. The van der Waals surface area contributed by atoms with Crippen LogP contribution < -0.4 is 14.8 Å². The van der Waals surface area contributed by atoms with Crippen molar-refractivity contribution in [2.45, 2.75) is 46.3 Å². The lowest BCUT2D eigenvalue weighted by molar-refractivity contribution is 0.00191. The molecule has 0 saturated carbocycles. The van der Waals surface area contributed by atoms with E-state index >= 15 is 0 Å². The minimum Gasteiger partial charge on any atom is -0.490 e. The van der Waals surface area contributed by atoms with Gasteiger partial charge >= 0.3 is 0 Å². The van der Waals surface area contributed by atoms with Crippen LogP contribution in [0.15, 0.2) is 42.7 Å². The normalized spacial score (nSPS) is 15.3. The van der Waals surface area contributed by atoms with Crippen LogP contribution in [0.25, 0.3) is 0 Å². The van der Waals surface area contributed by atoms with Crippen LogP contribution >= 0.6 is 0 Å². The summed E-state index contributed by atoms with van der Waals surface area (Å²) in [5, 5.41) is 3.17. The molecule has 1 atom stereocenters. The Kier molecular flexibility index (Phi) is 9.97. The minimum absolute atomic E-state index is 0.0982. The summed E-state index contributed by atoms with van der Waals surface area (Å²) in [5.74, 6) is 1.61.